The second kappa shape index (κ2) is 22.5. The molecule has 7 heteroatoms. The number of carboxylic acid groups (broad SMARTS) is 2. The third-order valence-corrected chi connectivity index (χ3v) is 0.258. The zero-order valence-corrected chi connectivity index (χ0v) is 7.60. The van der Waals surface area contributed by atoms with Gasteiger partial charge in [0.2, 0.25) is 0 Å². The Hall–Kier alpha value is -0.881. The molecule has 0 heterocycles. The third-order valence-electron chi connectivity index (χ3n) is 0.258. The molecule has 0 aliphatic carbocycles. The Bertz CT molecular complexity index is 112. The molecule has 0 rings (SSSR count). The quantitative estimate of drug-likeness (QED) is 0.379. The van der Waals surface area contributed by atoms with Gasteiger partial charge in [0, 0.05) is 0 Å². The van der Waals surface area contributed by atoms with Gasteiger partial charge in [-0.3, -0.25) is 0 Å². The van der Waals surface area contributed by atoms with Crippen molar-refractivity contribution < 1.29 is 47.1 Å². The van der Waals surface area contributed by atoms with Crippen LogP contribution in [0.3, 0.4) is 0 Å². The van der Waals surface area contributed by atoms with E-state index in [1.807, 2.05) is 0 Å². The molecule has 13 heavy (non-hydrogen) atoms. The minimum atomic E-state index is -1.44. The molecule has 0 aliphatic rings. The number of carboxylic acids is 2. The molecule has 0 saturated carbocycles. The molecular weight excluding hydrogens is 232 g/mol. The van der Waals surface area contributed by atoms with Crippen LogP contribution in [0.15, 0.2) is 13.2 Å². The van der Waals surface area contributed by atoms with Gasteiger partial charge in [0.25, 0.3) is 0 Å². The summed E-state index contributed by atoms with van der Waals surface area (Å²) in [5.41, 5.74) is 0. The van der Waals surface area contributed by atoms with Crippen LogP contribution < -0.4 is 10.2 Å². The van der Waals surface area contributed by atoms with Crippen LogP contribution in [0.4, 0.5) is 0 Å². The summed E-state index contributed by atoms with van der Waals surface area (Å²) in [6.07, 6.45) is 0. The molecule has 0 spiro atoms. The SMILES string of the molecule is C=C.O=C([O-])CO.O=C([O-])CO.[Cu+2]. The van der Waals surface area contributed by atoms with E-state index in [9.17, 15) is 0 Å². The normalized spacial score (nSPS) is 6.00. The molecule has 0 atom stereocenters. The van der Waals surface area contributed by atoms with Gasteiger partial charge in [-0.15, -0.1) is 13.2 Å². The first-order chi connectivity index (χ1) is 5.54. The number of aliphatic hydroxyl groups excluding tert-OH is 2. The Kier molecular flexibility index (Phi) is 39.3. The number of rotatable bonds is 2. The smallest absolute Gasteiger partial charge is 0.548 e. The summed E-state index contributed by atoms with van der Waals surface area (Å²) in [5, 5.41) is 33.0. The minimum Gasteiger partial charge on any atom is -0.548 e. The van der Waals surface area contributed by atoms with E-state index in [0.29, 0.717) is 0 Å². The summed E-state index contributed by atoms with van der Waals surface area (Å²) in [7, 11) is 0. The van der Waals surface area contributed by atoms with Gasteiger partial charge < -0.3 is 30.0 Å². The average molecular weight is 242 g/mol. The number of hydrogen-bond donors (Lipinski definition) is 2. The third kappa shape index (κ3) is 95.0. The predicted molar refractivity (Wildman–Crippen MR) is 35.4 cm³/mol. The van der Waals surface area contributed by atoms with Crippen LogP contribution >= 0.6 is 0 Å². The molecule has 0 saturated heterocycles. The predicted octanol–water partition coefficient (Wildman–Crippen LogP) is -3.74. The summed E-state index contributed by atoms with van der Waals surface area (Å²) in [6.45, 7) is 4.22. The molecule has 0 aromatic rings. The van der Waals surface area contributed by atoms with E-state index in [-0.39, 0.29) is 17.1 Å². The maximum atomic E-state index is 9.01. The summed E-state index contributed by atoms with van der Waals surface area (Å²) in [4.78, 5) is 18.0. The molecule has 0 unspecified atom stereocenters. The number of aliphatic carboxylic acids is 2. The standard InChI is InChI=1S/2C2H4O3.C2H4.Cu/c2*3-1-2(4)5;1-2;/h2*3H,1H2,(H,4,5);1-2H2;/q;;;+2/p-2. The van der Waals surface area contributed by atoms with Gasteiger partial charge in [-0.25, -0.2) is 0 Å². The van der Waals surface area contributed by atoms with Gasteiger partial charge in [0.15, 0.2) is 0 Å². The van der Waals surface area contributed by atoms with Gasteiger partial charge in [-0.1, -0.05) is 0 Å². The number of carbonyl (C=O) groups excluding carboxylic acids is 2. The average Bonchev–Trinajstić information content (AvgIpc) is 2.09. The van der Waals surface area contributed by atoms with Gasteiger partial charge in [0.05, 0.1) is 25.2 Å². The second-order valence-electron chi connectivity index (χ2n) is 1.06. The van der Waals surface area contributed by atoms with Gasteiger partial charge in [-0.05, 0) is 0 Å². The van der Waals surface area contributed by atoms with E-state index >= 15 is 0 Å². The molecule has 2 N–H and O–H groups in total. The zero-order valence-electron chi connectivity index (χ0n) is 6.66. The number of carbonyl (C=O) groups is 2. The largest absolute Gasteiger partial charge is 2.00 e. The van der Waals surface area contributed by atoms with Crippen molar-refractivity contribution in [2.45, 2.75) is 0 Å². The van der Waals surface area contributed by atoms with Gasteiger partial charge in [-0.2, -0.15) is 0 Å². The van der Waals surface area contributed by atoms with Crippen molar-refractivity contribution in [2.24, 2.45) is 0 Å². The van der Waals surface area contributed by atoms with Crippen molar-refractivity contribution in [3.8, 4) is 0 Å². The van der Waals surface area contributed by atoms with E-state index < -0.39 is 25.2 Å². The van der Waals surface area contributed by atoms with Crippen molar-refractivity contribution in [1.82, 2.24) is 0 Å². The van der Waals surface area contributed by atoms with E-state index in [1.54, 1.807) is 0 Å². The van der Waals surface area contributed by atoms with E-state index in [1.165, 1.54) is 0 Å². The zero-order chi connectivity index (χ0) is 10.6. The van der Waals surface area contributed by atoms with Crippen molar-refractivity contribution >= 4 is 11.9 Å². The first-order valence-electron chi connectivity index (χ1n) is 2.66. The first-order valence-corrected chi connectivity index (χ1v) is 2.66. The molecule has 0 bridgehead atoms. The van der Waals surface area contributed by atoms with Gasteiger partial charge in [0.1, 0.15) is 0 Å². The van der Waals surface area contributed by atoms with Crippen LogP contribution in [0.1, 0.15) is 0 Å². The molecule has 81 valence electrons. The van der Waals surface area contributed by atoms with Crippen LogP contribution in [0.5, 0.6) is 0 Å². The summed E-state index contributed by atoms with van der Waals surface area (Å²) in [6, 6.07) is 0. The van der Waals surface area contributed by atoms with E-state index in [2.05, 4.69) is 13.2 Å². The first kappa shape index (κ1) is 22.7. The Morgan fingerprint density at radius 2 is 1.08 bits per heavy atom. The second-order valence-corrected chi connectivity index (χ2v) is 1.06. The van der Waals surface area contributed by atoms with Crippen LogP contribution in [-0.4, -0.2) is 35.4 Å². The van der Waals surface area contributed by atoms with E-state index in [4.69, 9.17) is 30.0 Å². The van der Waals surface area contributed by atoms with E-state index in [0.717, 1.165) is 0 Å². The van der Waals surface area contributed by atoms with Crippen molar-refractivity contribution in [3.63, 3.8) is 0 Å². The molecule has 6 nitrogen and oxygen atoms in total. The Morgan fingerprint density at radius 3 is 1.08 bits per heavy atom. The number of aliphatic hydroxyl groups is 2. The minimum absolute atomic E-state index is 0. The fourth-order valence-electron chi connectivity index (χ4n) is 0. The fraction of sp³-hybridized carbons (Fsp3) is 0.333. The van der Waals surface area contributed by atoms with Crippen molar-refractivity contribution in [3.05, 3.63) is 13.2 Å². The molecule has 0 fully saturated rings. The summed E-state index contributed by atoms with van der Waals surface area (Å²) >= 11 is 0. The Morgan fingerprint density at radius 1 is 1.00 bits per heavy atom. The molecule has 0 amide bonds. The number of hydrogen-bond acceptors (Lipinski definition) is 6. The molecule has 0 aliphatic heterocycles. The van der Waals surface area contributed by atoms with Crippen LogP contribution in [0.2, 0.25) is 0 Å². The van der Waals surface area contributed by atoms with Gasteiger partial charge >= 0.3 is 17.1 Å². The molecular formula is C6H10CuO6. The topological polar surface area (TPSA) is 121 Å². The maximum absolute atomic E-state index is 9.01. The fourth-order valence-corrected chi connectivity index (χ4v) is 0. The summed E-state index contributed by atoms with van der Waals surface area (Å²) in [5.74, 6) is -2.88. The molecule has 0 aromatic carbocycles. The van der Waals surface area contributed by atoms with Crippen LogP contribution in [0.25, 0.3) is 0 Å². The molecule has 1 radical (unpaired) electrons. The van der Waals surface area contributed by atoms with Crippen LogP contribution in [0, 0.1) is 0 Å². The summed E-state index contributed by atoms with van der Waals surface area (Å²) < 4.78 is 0. The van der Waals surface area contributed by atoms with Crippen molar-refractivity contribution in [1.29, 1.82) is 0 Å². The Balaban J connectivity index is -0.0000000491. The monoisotopic (exact) mass is 241 g/mol. The Labute approximate surface area is 86.0 Å². The maximum Gasteiger partial charge on any atom is 2.00 e. The van der Waals surface area contributed by atoms with Crippen molar-refractivity contribution in [2.75, 3.05) is 13.2 Å². The van der Waals surface area contributed by atoms with Crippen LogP contribution in [-0.2, 0) is 26.7 Å². The molecule has 0 aromatic heterocycles.